The molecule has 2 heterocycles. The molecule has 32 heavy (non-hydrogen) atoms. The number of nitrogens with one attached hydrogen (secondary N) is 1. The Kier molecular flexibility index (Phi) is 7.29. The first-order valence-electron chi connectivity index (χ1n) is 9.45. The SMILES string of the molecule is O=C1N/C(=N/N=C/c2ccc(-c3ccccc3Cl)o2)SC1Cc1ccc(SC(F)F)cc1. The highest BCUT2D eigenvalue weighted by Gasteiger charge is 2.30. The van der Waals surface area contributed by atoms with Crippen molar-refractivity contribution in [3.63, 3.8) is 0 Å². The molecule has 1 unspecified atom stereocenters. The average Bonchev–Trinajstić information content (AvgIpc) is 3.36. The summed E-state index contributed by atoms with van der Waals surface area (Å²) in [6, 6.07) is 17.7. The van der Waals surface area contributed by atoms with Crippen LogP contribution < -0.4 is 5.32 Å². The fourth-order valence-corrected chi connectivity index (χ4v) is 4.67. The minimum Gasteiger partial charge on any atom is -0.455 e. The highest BCUT2D eigenvalue weighted by Crippen LogP contribution is 2.29. The molecule has 5 nitrogen and oxygen atoms in total. The van der Waals surface area contributed by atoms with Crippen LogP contribution in [0.3, 0.4) is 0 Å². The summed E-state index contributed by atoms with van der Waals surface area (Å²) >= 11 is 7.94. The maximum Gasteiger partial charge on any atom is 0.288 e. The van der Waals surface area contributed by atoms with Crippen molar-refractivity contribution in [2.75, 3.05) is 0 Å². The van der Waals surface area contributed by atoms with Gasteiger partial charge in [0.25, 0.3) is 5.76 Å². The largest absolute Gasteiger partial charge is 0.455 e. The number of alkyl halides is 2. The third-order valence-electron chi connectivity index (χ3n) is 4.45. The predicted molar refractivity (Wildman–Crippen MR) is 126 cm³/mol. The summed E-state index contributed by atoms with van der Waals surface area (Å²) in [7, 11) is 0. The minimum atomic E-state index is -2.46. The van der Waals surface area contributed by atoms with Gasteiger partial charge in [-0.1, -0.05) is 59.4 Å². The summed E-state index contributed by atoms with van der Waals surface area (Å²) in [5.41, 5.74) is 1.66. The molecule has 1 atom stereocenters. The molecular formula is C22H16ClF2N3O2S2. The van der Waals surface area contributed by atoms with Crippen LogP contribution in [-0.4, -0.2) is 28.3 Å². The van der Waals surface area contributed by atoms with E-state index in [1.165, 1.54) is 18.0 Å². The predicted octanol–water partition coefficient (Wildman–Crippen LogP) is 6.08. The van der Waals surface area contributed by atoms with Gasteiger partial charge < -0.3 is 9.73 Å². The number of amides is 1. The highest BCUT2D eigenvalue weighted by atomic mass is 35.5. The normalized spacial score (nSPS) is 17.6. The molecule has 1 aliphatic heterocycles. The van der Waals surface area contributed by atoms with Gasteiger partial charge in [-0.3, -0.25) is 4.79 Å². The van der Waals surface area contributed by atoms with Crippen molar-refractivity contribution >= 4 is 52.4 Å². The summed E-state index contributed by atoms with van der Waals surface area (Å²) in [5.74, 6) is -1.52. The second-order valence-corrected chi connectivity index (χ2v) is 9.32. The molecule has 2 aromatic carbocycles. The molecule has 1 saturated heterocycles. The van der Waals surface area contributed by atoms with Crippen LogP contribution in [0.4, 0.5) is 8.78 Å². The van der Waals surface area contributed by atoms with E-state index in [2.05, 4.69) is 15.5 Å². The number of nitrogens with zero attached hydrogens (tertiary/aromatic N) is 2. The zero-order valence-electron chi connectivity index (χ0n) is 16.4. The quantitative estimate of drug-likeness (QED) is 0.247. The monoisotopic (exact) mass is 491 g/mol. The molecule has 0 saturated carbocycles. The van der Waals surface area contributed by atoms with E-state index in [9.17, 15) is 13.6 Å². The molecule has 0 bridgehead atoms. The average molecular weight is 492 g/mol. The Labute approximate surface area is 196 Å². The van der Waals surface area contributed by atoms with Gasteiger partial charge in [-0.05, 0) is 48.4 Å². The minimum absolute atomic E-state index is 0.172. The number of carbonyl (C=O) groups is 1. The fraction of sp³-hybridized carbons (Fsp3) is 0.136. The van der Waals surface area contributed by atoms with E-state index in [0.29, 0.717) is 44.8 Å². The second-order valence-electron chi connectivity index (χ2n) is 6.65. The molecule has 0 radical (unpaired) electrons. The fourth-order valence-electron chi connectivity index (χ4n) is 2.97. The van der Waals surface area contributed by atoms with Crippen LogP contribution >= 0.6 is 35.1 Å². The second kappa shape index (κ2) is 10.3. The summed E-state index contributed by atoms with van der Waals surface area (Å²) in [6.07, 6.45) is 1.91. The first kappa shape index (κ1) is 22.6. The maximum atomic E-state index is 12.4. The van der Waals surface area contributed by atoms with E-state index in [4.69, 9.17) is 16.0 Å². The Morgan fingerprint density at radius 2 is 1.94 bits per heavy atom. The van der Waals surface area contributed by atoms with E-state index in [1.54, 1.807) is 42.5 Å². The van der Waals surface area contributed by atoms with Gasteiger partial charge in [-0.25, -0.2) is 0 Å². The van der Waals surface area contributed by atoms with E-state index in [1.807, 2.05) is 18.2 Å². The van der Waals surface area contributed by atoms with E-state index < -0.39 is 5.76 Å². The van der Waals surface area contributed by atoms with Crippen LogP contribution in [0, 0.1) is 0 Å². The van der Waals surface area contributed by atoms with E-state index in [0.717, 1.165) is 11.1 Å². The lowest BCUT2D eigenvalue weighted by molar-refractivity contribution is -0.118. The van der Waals surface area contributed by atoms with Gasteiger partial charge in [0.1, 0.15) is 11.5 Å². The first-order valence-corrected chi connectivity index (χ1v) is 11.6. The number of halogens is 3. The van der Waals surface area contributed by atoms with Gasteiger partial charge in [0, 0.05) is 10.5 Å². The van der Waals surface area contributed by atoms with Crippen LogP contribution in [0.25, 0.3) is 11.3 Å². The maximum absolute atomic E-state index is 12.4. The number of furan rings is 1. The molecule has 0 aliphatic carbocycles. The number of amidine groups is 1. The molecule has 10 heteroatoms. The van der Waals surface area contributed by atoms with Crippen LogP contribution in [-0.2, 0) is 11.2 Å². The smallest absolute Gasteiger partial charge is 0.288 e. The highest BCUT2D eigenvalue weighted by molar-refractivity contribution is 8.15. The van der Waals surface area contributed by atoms with Crippen molar-refractivity contribution in [3.8, 4) is 11.3 Å². The van der Waals surface area contributed by atoms with Crippen molar-refractivity contribution in [1.29, 1.82) is 0 Å². The summed E-state index contributed by atoms with van der Waals surface area (Å²) in [6.45, 7) is 0. The van der Waals surface area contributed by atoms with Crippen molar-refractivity contribution in [2.45, 2.75) is 22.3 Å². The third kappa shape index (κ3) is 5.79. The van der Waals surface area contributed by atoms with Crippen molar-refractivity contribution in [3.05, 3.63) is 77.0 Å². The van der Waals surface area contributed by atoms with Gasteiger partial charge in [-0.15, -0.1) is 5.10 Å². The topological polar surface area (TPSA) is 67.0 Å². The van der Waals surface area contributed by atoms with Gasteiger partial charge in [-0.2, -0.15) is 13.9 Å². The first-order chi connectivity index (χ1) is 15.5. The standard InChI is InChI=1S/C22H16ClF2N3O2S2/c23-17-4-2-1-3-16(17)18-10-7-14(30-18)12-26-28-22-27-20(29)19(32-22)11-13-5-8-15(9-6-13)31-21(24)25/h1-10,12,19,21H,11H2,(H,27,28,29)/b26-12+. The number of benzene rings is 2. The summed E-state index contributed by atoms with van der Waals surface area (Å²) in [4.78, 5) is 12.7. The van der Waals surface area contributed by atoms with E-state index in [-0.39, 0.29) is 11.2 Å². The summed E-state index contributed by atoms with van der Waals surface area (Å²) in [5, 5.41) is 11.3. The molecule has 1 amide bonds. The molecule has 0 spiro atoms. The molecule has 164 valence electrons. The zero-order chi connectivity index (χ0) is 22.5. The number of hydrogen-bond donors (Lipinski definition) is 1. The van der Waals surface area contributed by atoms with Crippen LogP contribution in [0.2, 0.25) is 5.02 Å². The van der Waals surface area contributed by atoms with Gasteiger partial charge in [0.15, 0.2) is 5.17 Å². The molecule has 1 N–H and O–H groups in total. The Balaban J connectivity index is 1.35. The molecule has 1 fully saturated rings. The Morgan fingerprint density at radius 1 is 1.16 bits per heavy atom. The number of thioether (sulfide) groups is 2. The summed E-state index contributed by atoms with van der Waals surface area (Å²) < 4.78 is 30.6. The number of rotatable bonds is 7. The Bertz CT molecular complexity index is 1170. The molecule has 1 aliphatic rings. The Morgan fingerprint density at radius 3 is 2.69 bits per heavy atom. The molecule has 4 rings (SSSR count). The third-order valence-corrected chi connectivity index (χ3v) is 6.57. The van der Waals surface area contributed by atoms with Gasteiger partial charge >= 0.3 is 0 Å². The van der Waals surface area contributed by atoms with Gasteiger partial charge in [0.05, 0.1) is 16.5 Å². The van der Waals surface area contributed by atoms with Gasteiger partial charge in [0.2, 0.25) is 5.91 Å². The van der Waals surface area contributed by atoms with Crippen molar-refractivity contribution in [2.24, 2.45) is 10.2 Å². The van der Waals surface area contributed by atoms with Crippen LogP contribution in [0.1, 0.15) is 11.3 Å². The number of carbonyl (C=O) groups excluding carboxylic acids is 1. The zero-order valence-corrected chi connectivity index (χ0v) is 18.8. The molecule has 1 aromatic heterocycles. The molecular weight excluding hydrogens is 476 g/mol. The van der Waals surface area contributed by atoms with E-state index >= 15 is 0 Å². The van der Waals surface area contributed by atoms with Crippen LogP contribution in [0.15, 0.2) is 80.2 Å². The molecule has 3 aromatic rings. The van der Waals surface area contributed by atoms with Crippen molar-refractivity contribution < 1.29 is 18.0 Å². The van der Waals surface area contributed by atoms with Crippen molar-refractivity contribution in [1.82, 2.24) is 5.32 Å². The lowest BCUT2D eigenvalue weighted by atomic mass is 10.1. The number of hydrogen-bond acceptors (Lipinski definition) is 6. The van der Waals surface area contributed by atoms with Crippen LogP contribution in [0.5, 0.6) is 0 Å². The Hall–Kier alpha value is -2.62. The lowest BCUT2D eigenvalue weighted by Gasteiger charge is -2.06. The lowest BCUT2D eigenvalue weighted by Crippen LogP contribution is -2.25.